The first-order valence-corrected chi connectivity index (χ1v) is 48.3. The summed E-state index contributed by atoms with van der Waals surface area (Å²) in [5, 5.41) is 0. The Bertz CT molecular complexity index is 3410. The van der Waals surface area contributed by atoms with Crippen molar-refractivity contribution in [3.05, 3.63) is 116 Å². The van der Waals surface area contributed by atoms with E-state index < -0.39 is 68.2 Å². The lowest BCUT2D eigenvalue weighted by Crippen LogP contribution is -2.23. The van der Waals surface area contributed by atoms with Gasteiger partial charge in [0.2, 0.25) is 0 Å². The lowest BCUT2D eigenvalue weighted by atomic mass is 9.95. The number of aryl methyl sites for hydroxylation is 3. The molecule has 0 radical (unpaired) electrons. The second-order valence-corrected chi connectivity index (χ2v) is 44.1. The zero-order valence-electron chi connectivity index (χ0n) is 51.2. The molecule has 5 saturated heterocycles. The molecule has 33 heteroatoms. The molecule has 18 nitrogen and oxygen atoms in total. The summed E-state index contributed by atoms with van der Waals surface area (Å²) in [5.41, 5.74) is 0.543. The van der Waals surface area contributed by atoms with Crippen molar-refractivity contribution < 1.29 is 86.1 Å². The Morgan fingerprint density at radius 1 is 0.462 bits per heavy atom. The average molecular weight is 1550 g/mol. The predicted octanol–water partition coefficient (Wildman–Crippen LogP) is 14.3. The highest BCUT2D eigenvalue weighted by atomic mass is 32.2. The zero-order valence-corrected chi connectivity index (χ0v) is 63.9. The maximum absolute atomic E-state index is 11.3. The summed E-state index contributed by atoms with van der Waals surface area (Å²) in [6.45, 7) is 10.1. The first-order valence-electron chi connectivity index (χ1n) is 29.3. The highest BCUT2D eigenvalue weighted by Gasteiger charge is 2.38. The van der Waals surface area contributed by atoms with E-state index in [9.17, 15) is 47.0 Å². The van der Waals surface area contributed by atoms with Crippen molar-refractivity contribution in [2.45, 2.75) is 126 Å². The van der Waals surface area contributed by atoms with E-state index in [2.05, 4.69) is 74.2 Å². The molecule has 9 unspecified atom stereocenters. The average Bonchev–Trinajstić information content (AvgIpc) is 2.51. The van der Waals surface area contributed by atoms with Gasteiger partial charge in [-0.3, -0.25) is 27.4 Å². The number of benzene rings is 1. The third-order valence-electron chi connectivity index (χ3n) is 14.8. The fraction of sp³-hybridized carbons (Fsp3) is 0.552. The molecule has 0 bridgehead atoms. The van der Waals surface area contributed by atoms with Gasteiger partial charge in [-0.05, 0) is 143 Å². The van der Waals surface area contributed by atoms with Crippen molar-refractivity contribution in [1.82, 2.24) is 0 Å². The molecule has 4 aromatic heterocycles. The Morgan fingerprint density at radius 2 is 0.923 bits per heavy atom. The number of rotatable bonds is 12. The van der Waals surface area contributed by atoms with E-state index in [0.29, 0.717) is 66.4 Å². The van der Waals surface area contributed by atoms with Crippen LogP contribution in [-0.4, -0.2) is 139 Å². The highest BCUT2D eigenvalue weighted by molar-refractivity contribution is 8.00. The molecular formula is C58H86O18P6S9. The fourth-order valence-corrected chi connectivity index (χ4v) is 27.8. The minimum atomic E-state index is -4.09. The van der Waals surface area contributed by atoms with Crippen LogP contribution < -0.4 is 9.24 Å². The Balaban J connectivity index is 0.000000199. The van der Waals surface area contributed by atoms with E-state index in [4.69, 9.17) is 39.1 Å². The van der Waals surface area contributed by atoms with Crippen molar-refractivity contribution in [2.24, 2.45) is 11.8 Å². The van der Waals surface area contributed by atoms with Gasteiger partial charge in [-0.1, -0.05) is 61.7 Å². The molecule has 510 valence electrons. The van der Waals surface area contributed by atoms with Crippen molar-refractivity contribution in [3.63, 3.8) is 0 Å². The van der Waals surface area contributed by atoms with Gasteiger partial charge >= 0.3 is 45.6 Å². The van der Waals surface area contributed by atoms with Crippen LogP contribution in [0.25, 0.3) is 9.75 Å². The number of thioether (sulfide) groups is 5. The molecule has 0 spiro atoms. The number of hydrogen-bond donors (Lipinski definition) is 12. The van der Waals surface area contributed by atoms with Crippen molar-refractivity contribution in [2.75, 3.05) is 57.5 Å². The molecule has 1 aromatic carbocycles. The van der Waals surface area contributed by atoms with Crippen molar-refractivity contribution >= 4 is 159 Å². The normalized spacial score (nSPS) is 24.2. The van der Waals surface area contributed by atoms with E-state index in [0.717, 1.165) is 74.0 Å². The van der Waals surface area contributed by atoms with Crippen LogP contribution in [-0.2, 0) is 27.4 Å². The summed E-state index contributed by atoms with van der Waals surface area (Å²) in [6.07, 6.45) is 10.7. The first kappa shape index (κ1) is 81.6. The topological polar surface area (TPSA) is 345 Å². The summed E-state index contributed by atoms with van der Waals surface area (Å²) in [7, 11) is -23.7. The molecule has 12 N–H and O–H groups in total. The minimum absolute atomic E-state index is 0.128. The van der Waals surface area contributed by atoms with Gasteiger partial charge < -0.3 is 58.7 Å². The molecule has 91 heavy (non-hydrogen) atoms. The number of thiophene rings is 4. The monoisotopic (exact) mass is 1540 g/mol. The Hall–Kier alpha value is -0.0300. The standard InChI is InChI=1S/C12H17O3PS.C10H15O3PS2.C9H9O3PS2.C9H13O3PS2.C9H17O3PS.C9H15O3PS/c1-9-2-4-10(5-3-9)11-6-12(8-17-7-11)16(13,14)15;1-7-2-3-10(16-7)8-4-9(6-15-5-8)14(11,12)13;1-6-2-3-7(14-6)8-4-5-9(15-8)13(10,11)12;10-13(11,12)9-4-3-8(15-9)7-2-1-5-14-6-7;2*1-2-3-4-8-5-9(7-14-6-8)13(10,11)12/h2-5,11-12H,6-8H2,1H3,(H2,13,14,15);2-3,8-9H,4-6H2,1H3,(H2,11,12,13);2-5H,1H3,(H2,10,11,12);3-4,7H,1-2,5-6H2,(H2,10,11,12);3-4,8-9H,2,5-7H2,1H3,(H2,10,11,12);8-9H,2,5-7H2,1H3,(H2,10,11,12)/b;;;;4-3+;. The summed E-state index contributed by atoms with van der Waals surface area (Å²) < 4.78 is 67.0. The SMILES string of the molecule is CC/C=C/C1CSCC(P(=O)(O)O)C1.CCC#CC1CSCC(P(=O)(O)O)C1.Cc1ccc(-c2ccc(P(=O)(O)O)s2)s1.Cc1ccc(C2CSCC(P(=O)(O)O)C2)cc1.Cc1ccc(C2CSCC(P(=O)(O)O)C2)s1.O=P(O)(O)c1ccc(C2CCCSC2)s1. The summed E-state index contributed by atoms with van der Waals surface area (Å²) in [6, 6.07) is 23.1. The fourth-order valence-electron chi connectivity index (χ4n) is 9.83. The van der Waals surface area contributed by atoms with Crippen LogP contribution >= 0.6 is 150 Å². The van der Waals surface area contributed by atoms with Gasteiger partial charge in [-0.2, -0.15) is 58.8 Å². The Morgan fingerprint density at radius 3 is 1.42 bits per heavy atom. The van der Waals surface area contributed by atoms with E-state index in [1.165, 1.54) is 55.3 Å². The second-order valence-electron chi connectivity index (χ2n) is 22.5. The van der Waals surface area contributed by atoms with Gasteiger partial charge in [0.15, 0.2) is 0 Å². The first-order chi connectivity index (χ1) is 42.5. The van der Waals surface area contributed by atoms with Gasteiger partial charge in [0, 0.05) is 99.5 Å². The molecule has 5 fully saturated rings. The molecule has 0 aliphatic carbocycles. The smallest absolute Gasteiger partial charge is 0.324 e. The molecule has 5 aliphatic rings. The van der Waals surface area contributed by atoms with E-state index in [1.54, 1.807) is 81.9 Å². The lowest BCUT2D eigenvalue weighted by molar-refractivity contribution is 0.352. The summed E-state index contributed by atoms with van der Waals surface area (Å²) >= 11 is 14.3. The zero-order chi connectivity index (χ0) is 67.4. The van der Waals surface area contributed by atoms with Crippen LogP contribution in [0.4, 0.5) is 0 Å². The predicted molar refractivity (Wildman–Crippen MR) is 391 cm³/mol. The number of allylic oxidation sites excluding steroid dienone is 2. The van der Waals surface area contributed by atoms with Crippen LogP contribution in [0.15, 0.2) is 84.9 Å². The molecule has 5 aliphatic heterocycles. The molecule has 9 atom stereocenters. The molecular weight excluding hydrogens is 1460 g/mol. The summed E-state index contributed by atoms with van der Waals surface area (Å²) in [4.78, 5) is 116. The van der Waals surface area contributed by atoms with Gasteiger partial charge in [-0.25, -0.2) is 0 Å². The van der Waals surface area contributed by atoms with Crippen LogP contribution in [0.1, 0.15) is 114 Å². The Kier molecular flexibility index (Phi) is 34.6. The quantitative estimate of drug-likeness (QED) is 0.0314. The largest absolute Gasteiger partial charge is 0.366 e. The maximum atomic E-state index is 11.3. The van der Waals surface area contributed by atoms with Gasteiger partial charge in [0.25, 0.3) is 0 Å². The molecule has 0 amide bonds. The van der Waals surface area contributed by atoms with Gasteiger partial charge in [0.1, 0.15) is 9.24 Å². The molecule has 9 heterocycles. The number of hydrogen-bond acceptors (Lipinski definition) is 15. The van der Waals surface area contributed by atoms with Gasteiger partial charge in [0.05, 0.1) is 22.6 Å². The van der Waals surface area contributed by atoms with Crippen LogP contribution in [0.2, 0.25) is 0 Å². The van der Waals surface area contributed by atoms with Crippen LogP contribution in [0, 0.1) is 44.4 Å². The lowest BCUT2D eigenvalue weighted by Gasteiger charge is -2.29. The van der Waals surface area contributed by atoms with E-state index >= 15 is 0 Å². The van der Waals surface area contributed by atoms with Crippen LogP contribution in [0.5, 0.6) is 0 Å². The maximum Gasteiger partial charge on any atom is 0.366 e. The van der Waals surface area contributed by atoms with Gasteiger partial charge in [-0.15, -0.1) is 51.3 Å². The second kappa shape index (κ2) is 38.5. The Labute approximate surface area is 573 Å². The van der Waals surface area contributed by atoms with E-state index in [1.807, 2.05) is 50.7 Å². The van der Waals surface area contributed by atoms with Crippen molar-refractivity contribution in [1.29, 1.82) is 0 Å². The highest BCUT2D eigenvalue weighted by Crippen LogP contribution is 2.53. The minimum Gasteiger partial charge on any atom is -0.324 e. The third-order valence-corrected chi connectivity index (χ3v) is 35.3. The van der Waals surface area contributed by atoms with Crippen molar-refractivity contribution in [3.8, 4) is 21.6 Å². The molecule has 10 rings (SSSR count). The summed E-state index contributed by atoms with van der Waals surface area (Å²) in [5.74, 6) is 16.1. The molecule has 0 saturated carbocycles. The third kappa shape index (κ3) is 29.4. The molecule has 5 aromatic rings. The van der Waals surface area contributed by atoms with Crippen LogP contribution in [0.3, 0.4) is 0 Å². The van der Waals surface area contributed by atoms with E-state index in [-0.39, 0.29) is 21.1 Å².